The molecule has 0 radical (unpaired) electrons. The Bertz CT molecular complexity index is 533. The van der Waals surface area contributed by atoms with Crippen LogP contribution in [0.2, 0.25) is 0 Å². The third-order valence-corrected chi connectivity index (χ3v) is 3.84. The molecule has 16 heavy (non-hydrogen) atoms. The van der Waals surface area contributed by atoms with E-state index in [1.807, 2.05) is 0 Å². The number of hydrogen-bond donors (Lipinski definition) is 1. The van der Waals surface area contributed by atoms with Gasteiger partial charge in [-0.3, -0.25) is 0 Å². The van der Waals surface area contributed by atoms with Crippen molar-refractivity contribution in [2.75, 3.05) is 0 Å². The summed E-state index contributed by atoms with van der Waals surface area (Å²) in [5.41, 5.74) is 1.52. The molecule has 2 nitrogen and oxygen atoms in total. The number of carbonyl (C=O) groups is 1. The maximum absolute atomic E-state index is 12.7. The van der Waals surface area contributed by atoms with Crippen LogP contribution < -0.4 is 0 Å². The highest BCUT2D eigenvalue weighted by molar-refractivity contribution is 9.11. The first kappa shape index (κ1) is 11.3. The highest BCUT2D eigenvalue weighted by Gasteiger charge is 2.17. The molecule has 0 saturated carbocycles. The van der Waals surface area contributed by atoms with Crippen LogP contribution in [0.15, 0.2) is 33.4 Å². The lowest BCUT2D eigenvalue weighted by Crippen LogP contribution is -1.97. The number of carboxylic acid groups (broad SMARTS) is 1. The Hall–Kier alpha value is -1.20. The highest BCUT2D eigenvalue weighted by atomic mass is 79.9. The van der Waals surface area contributed by atoms with Gasteiger partial charge in [-0.05, 0) is 33.6 Å². The van der Waals surface area contributed by atoms with Crippen molar-refractivity contribution >= 4 is 33.2 Å². The first-order chi connectivity index (χ1) is 7.59. The van der Waals surface area contributed by atoms with Gasteiger partial charge in [0.1, 0.15) is 5.82 Å². The molecule has 0 aliphatic carbocycles. The summed E-state index contributed by atoms with van der Waals surface area (Å²) >= 11 is 4.49. The SMILES string of the molecule is O=C(O)c1c(-c2ccc(F)cc2)csc1Br. The van der Waals surface area contributed by atoms with Gasteiger partial charge in [-0.1, -0.05) is 12.1 Å². The summed E-state index contributed by atoms with van der Waals surface area (Å²) in [6.45, 7) is 0. The quantitative estimate of drug-likeness (QED) is 0.910. The van der Waals surface area contributed by atoms with E-state index >= 15 is 0 Å². The van der Waals surface area contributed by atoms with Gasteiger partial charge in [-0.2, -0.15) is 0 Å². The van der Waals surface area contributed by atoms with Crippen LogP contribution in [0.25, 0.3) is 11.1 Å². The van der Waals surface area contributed by atoms with Crippen LogP contribution in [-0.2, 0) is 0 Å². The van der Waals surface area contributed by atoms with Crippen LogP contribution in [0.5, 0.6) is 0 Å². The summed E-state index contributed by atoms with van der Waals surface area (Å²) in [5.74, 6) is -1.33. The largest absolute Gasteiger partial charge is 0.478 e. The second-order valence-corrected chi connectivity index (χ2v) is 5.31. The molecule has 0 amide bonds. The number of thiophene rings is 1. The fourth-order valence-corrected chi connectivity index (χ4v) is 2.83. The fraction of sp³-hybridized carbons (Fsp3) is 0. The van der Waals surface area contributed by atoms with Gasteiger partial charge in [-0.25, -0.2) is 9.18 Å². The maximum Gasteiger partial charge on any atom is 0.338 e. The first-order valence-electron chi connectivity index (χ1n) is 4.36. The van der Waals surface area contributed by atoms with Crippen molar-refractivity contribution in [1.82, 2.24) is 0 Å². The van der Waals surface area contributed by atoms with Crippen LogP contribution in [0, 0.1) is 5.82 Å². The number of hydrogen-bond acceptors (Lipinski definition) is 2. The van der Waals surface area contributed by atoms with Crippen LogP contribution in [0.3, 0.4) is 0 Å². The standard InChI is InChI=1S/C11H6BrFO2S/c12-10-9(11(14)15)8(5-16-10)6-1-3-7(13)4-2-6/h1-5H,(H,14,15). The number of benzene rings is 1. The molecule has 0 bridgehead atoms. The monoisotopic (exact) mass is 300 g/mol. The van der Waals surface area contributed by atoms with Crippen molar-refractivity contribution in [3.8, 4) is 11.1 Å². The molecule has 1 aromatic heterocycles. The van der Waals surface area contributed by atoms with Gasteiger partial charge >= 0.3 is 5.97 Å². The van der Waals surface area contributed by atoms with Gasteiger partial charge in [0.15, 0.2) is 0 Å². The molecule has 82 valence electrons. The normalized spacial score (nSPS) is 10.4. The predicted octanol–water partition coefficient (Wildman–Crippen LogP) is 4.01. The summed E-state index contributed by atoms with van der Waals surface area (Å²) in [5, 5.41) is 10.8. The topological polar surface area (TPSA) is 37.3 Å². The lowest BCUT2D eigenvalue weighted by Gasteiger charge is -2.00. The van der Waals surface area contributed by atoms with Gasteiger partial charge in [0, 0.05) is 10.9 Å². The molecular weight excluding hydrogens is 295 g/mol. The highest BCUT2D eigenvalue weighted by Crippen LogP contribution is 2.35. The first-order valence-corrected chi connectivity index (χ1v) is 6.03. The van der Waals surface area contributed by atoms with Crippen LogP contribution in [0.1, 0.15) is 10.4 Å². The molecule has 2 aromatic rings. The summed E-state index contributed by atoms with van der Waals surface area (Å²) in [4.78, 5) is 11.0. The number of halogens is 2. The molecule has 1 N–H and O–H groups in total. The van der Waals surface area contributed by atoms with Crippen molar-refractivity contribution < 1.29 is 14.3 Å². The van der Waals surface area contributed by atoms with E-state index in [0.29, 0.717) is 14.9 Å². The van der Waals surface area contributed by atoms with Crippen molar-refractivity contribution in [3.63, 3.8) is 0 Å². The molecule has 0 unspecified atom stereocenters. The predicted molar refractivity (Wildman–Crippen MR) is 64.4 cm³/mol. The van der Waals surface area contributed by atoms with E-state index in [2.05, 4.69) is 15.9 Å². The second kappa shape index (κ2) is 4.35. The van der Waals surface area contributed by atoms with Gasteiger partial charge in [-0.15, -0.1) is 11.3 Å². The number of carboxylic acids is 1. The van der Waals surface area contributed by atoms with E-state index in [1.165, 1.54) is 23.5 Å². The Kier molecular flexibility index (Phi) is 3.07. The minimum atomic E-state index is -0.993. The van der Waals surface area contributed by atoms with Gasteiger partial charge in [0.25, 0.3) is 0 Å². The lowest BCUT2D eigenvalue weighted by atomic mass is 10.1. The van der Waals surface area contributed by atoms with E-state index in [-0.39, 0.29) is 11.4 Å². The Morgan fingerprint density at radius 2 is 1.94 bits per heavy atom. The molecule has 0 atom stereocenters. The molecule has 0 spiro atoms. The fourth-order valence-electron chi connectivity index (χ4n) is 1.38. The molecule has 0 aliphatic rings. The van der Waals surface area contributed by atoms with Crippen LogP contribution >= 0.6 is 27.3 Å². The van der Waals surface area contributed by atoms with Gasteiger partial charge < -0.3 is 5.11 Å². The van der Waals surface area contributed by atoms with Crippen molar-refractivity contribution in [2.24, 2.45) is 0 Å². The van der Waals surface area contributed by atoms with Crippen molar-refractivity contribution in [3.05, 3.63) is 44.8 Å². The van der Waals surface area contributed by atoms with Crippen molar-refractivity contribution in [1.29, 1.82) is 0 Å². The van der Waals surface area contributed by atoms with E-state index in [0.717, 1.165) is 0 Å². The molecule has 0 saturated heterocycles. The number of aromatic carboxylic acids is 1. The smallest absolute Gasteiger partial charge is 0.338 e. The maximum atomic E-state index is 12.7. The van der Waals surface area contributed by atoms with Gasteiger partial charge in [0.05, 0.1) is 9.35 Å². The molecule has 0 fully saturated rings. The average Bonchev–Trinajstić information content (AvgIpc) is 2.61. The number of rotatable bonds is 2. The summed E-state index contributed by atoms with van der Waals surface area (Å²) in [7, 11) is 0. The minimum Gasteiger partial charge on any atom is -0.478 e. The summed E-state index contributed by atoms with van der Waals surface area (Å²) < 4.78 is 13.3. The summed E-state index contributed by atoms with van der Waals surface area (Å²) in [6, 6.07) is 5.76. The molecule has 1 heterocycles. The van der Waals surface area contributed by atoms with Crippen LogP contribution in [-0.4, -0.2) is 11.1 Å². The third kappa shape index (κ3) is 2.01. The Labute approximate surface area is 103 Å². The summed E-state index contributed by atoms with van der Waals surface area (Å²) in [6.07, 6.45) is 0. The lowest BCUT2D eigenvalue weighted by molar-refractivity contribution is 0.0697. The minimum absolute atomic E-state index is 0.219. The molecule has 0 aliphatic heterocycles. The molecular formula is C11H6BrFO2S. The molecule has 2 rings (SSSR count). The zero-order valence-corrected chi connectivity index (χ0v) is 10.3. The van der Waals surface area contributed by atoms with Crippen molar-refractivity contribution in [2.45, 2.75) is 0 Å². The average molecular weight is 301 g/mol. The van der Waals surface area contributed by atoms with E-state index < -0.39 is 5.97 Å². The molecule has 1 aromatic carbocycles. The van der Waals surface area contributed by atoms with Crippen LogP contribution in [0.4, 0.5) is 4.39 Å². The van der Waals surface area contributed by atoms with Gasteiger partial charge in [0.2, 0.25) is 0 Å². The Balaban J connectivity index is 2.56. The zero-order chi connectivity index (χ0) is 11.7. The third-order valence-electron chi connectivity index (χ3n) is 2.12. The molecule has 5 heteroatoms. The van der Waals surface area contributed by atoms with E-state index in [4.69, 9.17) is 5.11 Å². The van der Waals surface area contributed by atoms with E-state index in [9.17, 15) is 9.18 Å². The Morgan fingerprint density at radius 3 is 2.50 bits per heavy atom. The second-order valence-electron chi connectivity index (χ2n) is 3.11. The zero-order valence-electron chi connectivity index (χ0n) is 7.91. The van der Waals surface area contributed by atoms with E-state index in [1.54, 1.807) is 17.5 Å². The Morgan fingerprint density at radius 1 is 1.31 bits per heavy atom.